The van der Waals surface area contributed by atoms with Crippen LogP contribution in [0.2, 0.25) is 0 Å². The molecule has 0 saturated heterocycles. The molecule has 0 aliphatic heterocycles. The van der Waals surface area contributed by atoms with Crippen molar-refractivity contribution >= 4 is 12.1 Å². The molecule has 0 aromatic carbocycles. The zero-order valence-corrected chi connectivity index (χ0v) is 11.8. The van der Waals surface area contributed by atoms with Gasteiger partial charge in [0, 0.05) is 0 Å². The molecule has 5 nitrogen and oxygen atoms in total. The predicted octanol–water partition coefficient (Wildman–Crippen LogP) is 2.49. The number of rotatable bonds is 8. The standard InChI is InChI=1S/C13H25NO4/c1-5-7-8-11(14-13(16)17-6-2)12(15)18-9-10(3)4/h10-11H,5-9H2,1-4H3,(H,14,16). The summed E-state index contributed by atoms with van der Waals surface area (Å²) in [7, 11) is 0. The van der Waals surface area contributed by atoms with Crippen molar-refractivity contribution in [2.75, 3.05) is 13.2 Å². The number of unbranched alkanes of at least 4 members (excludes halogenated alkanes) is 1. The number of hydrogen-bond donors (Lipinski definition) is 1. The molecule has 0 rings (SSSR count). The second-order valence-corrected chi connectivity index (χ2v) is 4.58. The third-order valence-electron chi connectivity index (χ3n) is 2.26. The first-order valence-electron chi connectivity index (χ1n) is 6.61. The van der Waals surface area contributed by atoms with Gasteiger partial charge in [0.05, 0.1) is 13.2 Å². The number of ether oxygens (including phenoxy) is 2. The highest BCUT2D eigenvalue weighted by Gasteiger charge is 2.22. The first kappa shape index (κ1) is 16.7. The van der Waals surface area contributed by atoms with Crippen LogP contribution < -0.4 is 5.32 Å². The minimum Gasteiger partial charge on any atom is -0.464 e. The number of carbonyl (C=O) groups excluding carboxylic acids is 2. The Morgan fingerprint density at radius 1 is 1.17 bits per heavy atom. The molecule has 1 amide bonds. The third kappa shape index (κ3) is 7.92. The Kier molecular flexibility index (Phi) is 9.06. The Bertz CT molecular complexity index is 253. The summed E-state index contributed by atoms with van der Waals surface area (Å²) in [6, 6.07) is -0.609. The van der Waals surface area contributed by atoms with Crippen molar-refractivity contribution in [3.05, 3.63) is 0 Å². The summed E-state index contributed by atoms with van der Waals surface area (Å²) in [4.78, 5) is 23.1. The van der Waals surface area contributed by atoms with E-state index in [1.54, 1.807) is 6.92 Å². The van der Waals surface area contributed by atoms with Gasteiger partial charge in [-0.05, 0) is 19.3 Å². The van der Waals surface area contributed by atoms with Gasteiger partial charge in [-0.15, -0.1) is 0 Å². The average Bonchev–Trinajstić information content (AvgIpc) is 2.31. The summed E-state index contributed by atoms with van der Waals surface area (Å²) in [5, 5.41) is 2.54. The van der Waals surface area contributed by atoms with Gasteiger partial charge in [0.2, 0.25) is 0 Å². The van der Waals surface area contributed by atoms with Crippen molar-refractivity contribution in [1.29, 1.82) is 0 Å². The summed E-state index contributed by atoms with van der Waals surface area (Å²) >= 11 is 0. The van der Waals surface area contributed by atoms with Crippen LogP contribution in [-0.4, -0.2) is 31.3 Å². The zero-order chi connectivity index (χ0) is 14.0. The van der Waals surface area contributed by atoms with Crippen LogP contribution in [0.15, 0.2) is 0 Å². The van der Waals surface area contributed by atoms with Crippen LogP contribution >= 0.6 is 0 Å². The molecule has 18 heavy (non-hydrogen) atoms. The summed E-state index contributed by atoms with van der Waals surface area (Å²) in [6.45, 7) is 8.33. The van der Waals surface area contributed by atoms with Gasteiger partial charge in [-0.3, -0.25) is 0 Å². The van der Waals surface area contributed by atoms with E-state index >= 15 is 0 Å². The van der Waals surface area contributed by atoms with Crippen LogP contribution in [0.5, 0.6) is 0 Å². The van der Waals surface area contributed by atoms with E-state index in [1.165, 1.54) is 0 Å². The molecule has 1 atom stereocenters. The van der Waals surface area contributed by atoms with Crippen molar-refractivity contribution in [1.82, 2.24) is 5.32 Å². The molecule has 0 aromatic rings. The number of esters is 1. The Morgan fingerprint density at radius 2 is 1.83 bits per heavy atom. The van der Waals surface area contributed by atoms with Gasteiger partial charge < -0.3 is 14.8 Å². The minimum absolute atomic E-state index is 0.281. The van der Waals surface area contributed by atoms with E-state index in [4.69, 9.17) is 9.47 Å². The Labute approximate surface area is 109 Å². The fourth-order valence-electron chi connectivity index (χ4n) is 1.32. The summed E-state index contributed by atoms with van der Waals surface area (Å²) in [5.74, 6) is -0.103. The van der Waals surface area contributed by atoms with E-state index < -0.39 is 12.1 Å². The zero-order valence-electron chi connectivity index (χ0n) is 11.8. The summed E-state index contributed by atoms with van der Waals surface area (Å²) in [6.07, 6.45) is 1.82. The molecule has 1 unspecified atom stereocenters. The Morgan fingerprint density at radius 3 is 2.33 bits per heavy atom. The minimum atomic E-state index is -0.609. The highest BCUT2D eigenvalue weighted by molar-refractivity contribution is 5.81. The maximum Gasteiger partial charge on any atom is 0.407 e. The topological polar surface area (TPSA) is 64.6 Å². The Hall–Kier alpha value is -1.26. The second kappa shape index (κ2) is 9.74. The van der Waals surface area contributed by atoms with Crippen LogP contribution in [-0.2, 0) is 14.3 Å². The predicted molar refractivity (Wildman–Crippen MR) is 69.3 cm³/mol. The molecule has 106 valence electrons. The quantitative estimate of drug-likeness (QED) is 0.680. The van der Waals surface area contributed by atoms with Crippen LogP contribution in [0.1, 0.15) is 47.0 Å². The molecule has 0 aromatic heterocycles. The molecule has 0 aliphatic rings. The van der Waals surface area contributed by atoms with Crippen LogP contribution in [0.3, 0.4) is 0 Å². The van der Waals surface area contributed by atoms with E-state index in [2.05, 4.69) is 5.32 Å². The highest BCUT2D eigenvalue weighted by Crippen LogP contribution is 2.05. The molecule has 0 radical (unpaired) electrons. The monoisotopic (exact) mass is 259 g/mol. The lowest BCUT2D eigenvalue weighted by Crippen LogP contribution is -2.42. The van der Waals surface area contributed by atoms with Gasteiger partial charge >= 0.3 is 12.1 Å². The van der Waals surface area contributed by atoms with Gasteiger partial charge in [-0.2, -0.15) is 0 Å². The fraction of sp³-hybridized carbons (Fsp3) is 0.846. The van der Waals surface area contributed by atoms with Crippen molar-refractivity contribution in [3.63, 3.8) is 0 Å². The van der Waals surface area contributed by atoms with E-state index in [9.17, 15) is 9.59 Å². The van der Waals surface area contributed by atoms with Gasteiger partial charge in [-0.1, -0.05) is 33.6 Å². The SMILES string of the molecule is CCCCC(NC(=O)OCC)C(=O)OCC(C)C. The van der Waals surface area contributed by atoms with Gasteiger partial charge in [0.25, 0.3) is 0 Å². The lowest BCUT2D eigenvalue weighted by atomic mass is 10.1. The van der Waals surface area contributed by atoms with Crippen LogP contribution in [0.25, 0.3) is 0 Å². The van der Waals surface area contributed by atoms with E-state index in [-0.39, 0.29) is 18.5 Å². The third-order valence-corrected chi connectivity index (χ3v) is 2.26. The first-order chi connectivity index (χ1) is 8.51. The first-order valence-corrected chi connectivity index (χ1v) is 6.61. The average molecular weight is 259 g/mol. The van der Waals surface area contributed by atoms with Crippen molar-refractivity contribution < 1.29 is 19.1 Å². The number of alkyl carbamates (subject to hydrolysis) is 1. The summed E-state index contributed by atoms with van der Waals surface area (Å²) < 4.78 is 9.90. The molecule has 0 aliphatic carbocycles. The summed E-state index contributed by atoms with van der Waals surface area (Å²) in [5.41, 5.74) is 0. The van der Waals surface area contributed by atoms with Crippen molar-refractivity contribution in [2.45, 2.75) is 53.0 Å². The van der Waals surface area contributed by atoms with Crippen LogP contribution in [0, 0.1) is 5.92 Å². The molecule has 0 heterocycles. The lowest BCUT2D eigenvalue weighted by Gasteiger charge is -2.17. The van der Waals surface area contributed by atoms with E-state index in [1.807, 2.05) is 20.8 Å². The number of hydrogen-bond acceptors (Lipinski definition) is 4. The van der Waals surface area contributed by atoms with E-state index in [0.29, 0.717) is 13.0 Å². The number of nitrogens with one attached hydrogen (secondary N) is 1. The van der Waals surface area contributed by atoms with Gasteiger partial charge in [0.1, 0.15) is 6.04 Å². The highest BCUT2D eigenvalue weighted by atomic mass is 16.6. The molecule has 1 N–H and O–H groups in total. The van der Waals surface area contributed by atoms with Crippen molar-refractivity contribution in [3.8, 4) is 0 Å². The lowest BCUT2D eigenvalue weighted by molar-refractivity contribution is -0.147. The smallest absolute Gasteiger partial charge is 0.407 e. The maximum absolute atomic E-state index is 11.8. The molecule has 5 heteroatoms. The largest absolute Gasteiger partial charge is 0.464 e. The van der Waals surface area contributed by atoms with Crippen molar-refractivity contribution in [2.24, 2.45) is 5.92 Å². The van der Waals surface area contributed by atoms with Gasteiger partial charge in [0.15, 0.2) is 0 Å². The number of carbonyl (C=O) groups is 2. The number of amides is 1. The molecule has 0 fully saturated rings. The second-order valence-electron chi connectivity index (χ2n) is 4.58. The molecular formula is C13H25NO4. The molecular weight excluding hydrogens is 234 g/mol. The van der Waals surface area contributed by atoms with E-state index in [0.717, 1.165) is 12.8 Å². The van der Waals surface area contributed by atoms with Gasteiger partial charge in [-0.25, -0.2) is 9.59 Å². The maximum atomic E-state index is 11.8. The van der Waals surface area contributed by atoms with Crippen LogP contribution in [0.4, 0.5) is 4.79 Å². The normalized spacial score (nSPS) is 12.1. The fourth-order valence-corrected chi connectivity index (χ4v) is 1.32. The molecule has 0 spiro atoms. The Balaban J connectivity index is 4.27. The molecule has 0 saturated carbocycles. The molecule has 0 bridgehead atoms.